The van der Waals surface area contributed by atoms with Crippen molar-refractivity contribution >= 4 is 11.6 Å². The van der Waals surface area contributed by atoms with Gasteiger partial charge in [0, 0.05) is 25.1 Å². The lowest BCUT2D eigenvalue weighted by Gasteiger charge is -2.39. The molecule has 1 aliphatic heterocycles. The Hall–Kier alpha value is -4.31. The van der Waals surface area contributed by atoms with Gasteiger partial charge in [-0.3, -0.25) is 4.79 Å². The Morgan fingerprint density at radius 1 is 0.842 bits per heavy atom. The second kappa shape index (κ2) is 10.6. The van der Waals surface area contributed by atoms with Gasteiger partial charge in [-0.15, -0.1) is 0 Å². The zero-order chi connectivity index (χ0) is 25.9. The van der Waals surface area contributed by atoms with Gasteiger partial charge in [-0.05, 0) is 41.2 Å². The summed E-state index contributed by atoms with van der Waals surface area (Å²) >= 11 is 0. The second-order valence-electron chi connectivity index (χ2n) is 10.2. The van der Waals surface area contributed by atoms with E-state index in [0.29, 0.717) is 24.6 Å². The molecule has 1 amide bonds. The summed E-state index contributed by atoms with van der Waals surface area (Å²) in [6, 6.07) is 34.8. The average Bonchev–Trinajstić information content (AvgIpc) is 3.47. The van der Waals surface area contributed by atoms with E-state index in [4.69, 9.17) is 4.74 Å². The highest BCUT2D eigenvalue weighted by molar-refractivity contribution is 6.00. The molecule has 1 N–H and O–H groups in total. The van der Waals surface area contributed by atoms with Crippen molar-refractivity contribution in [2.75, 3.05) is 12.4 Å². The first-order valence-corrected chi connectivity index (χ1v) is 13.3. The summed E-state index contributed by atoms with van der Waals surface area (Å²) in [6.07, 6.45) is 5.58. The number of carbonyl (C=O) groups excluding carboxylic acids is 1. The number of benzene rings is 4. The van der Waals surface area contributed by atoms with E-state index in [2.05, 4.69) is 66.0 Å². The SMILES string of the molecule is CN(Cc1ccccc1)C(=O)c1cccc2c1NC(c1ccccc1OCc1ccccc1)C1CC=CC21. The Labute approximate surface area is 224 Å². The van der Waals surface area contributed by atoms with Crippen LogP contribution in [0.4, 0.5) is 5.69 Å². The summed E-state index contributed by atoms with van der Waals surface area (Å²) < 4.78 is 6.36. The molecule has 4 nitrogen and oxygen atoms in total. The predicted molar refractivity (Wildman–Crippen MR) is 152 cm³/mol. The fourth-order valence-corrected chi connectivity index (χ4v) is 5.85. The van der Waals surface area contributed by atoms with E-state index in [1.54, 1.807) is 4.90 Å². The van der Waals surface area contributed by atoms with Crippen molar-refractivity contribution in [3.05, 3.63) is 143 Å². The molecule has 0 spiro atoms. The first-order valence-electron chi connectivity index (χ1n) is 13.3. The van der Waals surface area contributed by atoms with Gasteiger partial charge < -0.3 is 15.0 Å². The maximum absolute atomic E-state index is 13.7. The third-order valence-electron chi connectivity index (χ3n) is 7.73. The topological polar surface area (TPSA) is 41.6 Å². The summed E-state index contributed by atoms with van der Waals surface area (Å²) in [5.74, 6) is 1.51. The van der Waals surface area contributed by atoms with E-state index in [9.17, 15) is 4.79 Å². The minimum atomic E-state index is 0.0194. The van der Waals surface area contributed by atoms with Crippen molar-refractivity contribution in [1.29, 1.82) is 0 Å². The van der Waals surface area contributed by atoms with Crippen molar-refractivity contribution in [2.24, 2.45) is 5.92 Å². The van der Waals surface area contributed by atoms with Crippen molar-refractivity contribution < 1.29 is 9.53 Å². The average molecular weight is 501 g/mol. The maximum Gasteiger partial charge on any atom is 0.256 e. The first kappa shape index (κ1) is 24.1. The number of para-hydroxylation sites is 2. The number of nitrogens with zero attached hydrogens (tertiary/aromatic N) is 1. The molecule has 6 rings (SSSR count). The van der Waals surface area contributed by atoms with Gasteiger partial charge in [0.15, 0.2) is 0 Å². The smallest absolute Gasteiger partial charge is 0.256 e. The van der Waals surface area contributed by atoms with E-state index in [0.717, 1.165) is 34.5 Å². The summed E-state index contributed by atoms with van der Waals surface area (Å²) in [6.45, 7) is 1.08. The minimum absolute atomic E-state index is 0.0194. The van der Waals surface area contributed by atoms with E-state index in [-0.39, 0.29) is 17.9 Å². The van der Waals surface area contributed by atoms with Gasteiger partial charge >= 0.3 is 0 Å². The lowest BCUT2D eigenvalue weighted by Crippen LogP contribution is -2.33. The summed E-state index contributed by atoms with van der Waals surface area (Å²) in [7, 11) is 1.88. The van der Waals surface area contributed by atoms with Crippen LogP contribution in [0.25, 0.3) is 0 Å². The Balaban J connectivity index is 1.32. The first-order chi connectivity index (χ1) is 18.7. The summed E-state index contributed by atoms with van der Waals surface area (Å²) in [4.78, 5) is 15.5. The number of ether oxygens (including phenoxy) is 1. The van der Waals surface area contributed by atoms with Gasteiger partial charge in [0.05, 0.1) is 17.3 Å². The van der Waals surface area contributed by atoms with E-state index >= 15 is 0 Å². The maximum atomic E-state index is 13.7. The third-order valence-corrected chi connectivity index (χ3v) is 7.73. The Morgan fingerprint density at radius 2 is 1.53 bits per heavy atom. The molecule has 190 valence electrons. The van der Waals surface area contributed by atoms with Gasteiger partial charge in [0.1, 0.15) is 12.4 Å². The molecule has 0 saturated heterocycles. The van der Waals surface area contributed by atoms with Gasteiger partial charge in [-0.2, -0.15) is 0 Å². The van der Waals surface area contributed by atoms with Crippen LogP contribution in [0.1, 0.15) is 51.0 Å². The quantitative estimate of drug-likeness (QED) is 0.270. The van der Waals surface area contributed by atoms with Crippen LogP contribution in [0.15, 0.2) is 115 Å². The summed E-state index contributed by atoms with van der Waals surface area (Å²) in [5, 5.41) is 3.82. The fraction of sp³-hybridized carbons (Fsp3) is 0.206. The Kier molecular flexibility index (Phi) is 6.70. The zero-order valence-electron chi connectivity index (χ0n) is 21.6. The summed E-state index contributed by atoms with van der Waals surface area (Å²) in [5.41, 5.74) is 6.23. The van der Waals surface area contributed by atoms with Crippen LogP contribution < -0.4 is 10.1 Å². The number of hydrogen-bond donors (Lipinski definition) is 1. The molecule has 0 fully saturated rings. The van der Waals surface area contributed by atoms with Crippen LogP contribution in [-0.2, 0) is 13.2 Å². The van der Waals surface area contributed by atoms with Crippen LogP contribution in [-0.4, -0.2) is 17.9 Å². The molecule has 0 saturated carbocycles. The van der Waals surface area contributed by atoms with Crippen LogP contribution in [0.3, 0.4) is 0 Å². The monoisotopic (exact) mass is 500 g/mol. The number of anilines is 1. The molecular weight excluding hydrogens is 468 g/mol. The molecule has 0 bridgehead atoms. The van der Waals surface area contributed by atoms with Crippen molar-refractivity contribution in [3.8, 4) is 5.75 Å². The van der Waals surface area contributed by atoms with Gasteiger partial charge in [-0.1, -0.05) is 103 Å². The molecule has 1 aliphatic carbocycles. The molecular formula is C34H32N2O2. The van der Waals surface area contributed by atoms with Gasteiger partial charge in [-0.25, -0.2) is 0 Å². The number of allylic oxidation sites excluding steroid dienone is 2. The Morgan fingerprint density at radius 3 is 2.32 bits per heavy atom. The second-order valence-corrected chi connectivity index (χ2v) is 10.2. The molecule has 4 aromatic rings. The fourth-order valence-electron chi connectivity index (χ4n) is 5.85. The molecule has 0 radical (unpaired) electrons. The molecule has 3 unspecified atom stereocenters. The number of nitrogens with one attached hydrogen (secondary N) is 1. The normalized spacial score (nSPS) is 19.2. The largest absolute Gasteiger partial charge is 0.489 e. The number of carbonyl (C=O) groups is 1. The molecule has 4 aromatic carbocycles. The van der Waals surface area contributed by atoms with E-state index in [1.165, 1.54) is 5.56 Å². The van der Waals surface area contributed by atoms with Crippen LogP contribution >= 0.6 is 0 Å². The molecule has 4 heteroatoms. The van der Waals surface area contributed by atoms with Gasteiger partial charge in [0.2, 0.25) is 0 Å². The van der Waals surface area contributed by atoms with Crippen LogP contribution in [0.5, 0.6) is 5.75 Å². The number of fused-ring (bicyclic) bond motifs is 3. The molecule has 2 aliphatic rings. The van der Waals surface area contributed by atoms with E-state index < -0.39 is 0 Å². The standard InChI is InChI=1S/C34H32N2O2/c1-36(22-24-12-4-2-5-13-24)34(37)30-20-11-19-28-26-17-10-18-27(26)32(35-33(28)30)29-16-8-9-21-31(29)38-23-25-14-6-3-7-15-25/h2-17,19-21,26-27,32,35H,18,22-23H2,1H3. The van der Waals surface area contributed by atoms with Crippen molar-refractivity contribution in [3.63, 3.8) is 0 Å². The molecule has 3 atom stereocenters. The number of amides is 1. The van der Waals surface area contributed by atoms with Crippen LogP contribution in [0.2, 0.25) is 0 Å². The lowest BCUT2D eigenvalue weighted by atomic mass is 9.76. The predicted octanol–water partition coefficient (Wildman–Crippen LogP) is 7.36. The third kappa shape index (κ3) is 4.70. The van der Waals surface area contributed by atoms with Crippen molar-refractivity contribution in [2.45, 2.75) is 31.5 Å². The van der Waals surface area contributed by atoms with Crippen LogP contribution in [0, 0.1) is 5.92 Å². The van der Waals surface area contributed by atoms with E-state index in [1.807, 2.05) is 61.6 Å². The van der Waals surface area contributed by atoms with Crippen molar-refractivity contribution in [1.82, 2.24) is 4.90 Å². The molecule has 38 heavy (non-hydrogen) atoms. The molecule has 1 heterocycles. The highest BCUT2D eigenvalue weighted by Gasteiger charge is 2.40. The number of hydrogen-bond acceptors (Lipinski definition) is 3. The highest BCUT2D eigenvalue weighted by Crippen LogP contribution is 2.52. The number of rotatable bonds is 7. The highest BCUT2D eigenvalue weighted by atomic mass is 16.5. The Bertz CT molecular complexity index is 1450. The minimum Gasteiger partial charge on any atom is -0.489 e. The molecule has 0 aromatic heterocycles. The zero-order valence-corrected chi connectivity index (χ0v) is 21.6. The lowest BCUT2D eigenvalue weighted by molar-refractivity contribution is 0.0785. The van der Waals surface area contributed by atoms with Gasteiger partial charge in [0.25, 0.3) is 5.91 Å².